The monoisotopic (exact) mass is 270 g/mol. The number of ether oxygens (including phenoxy) is 1. The summed E-state index contributed by atoms with van der Waals surface area (Å²) in [7, 11) is 0. The summed E-state index contributed by atoms with van der Waals surface area (Å²) >= 11 is 3.51. The number of anilines is 1. The van der Waals surface area contributed by atoms with Gasteiger partial charge in [-0.2, -0.15) is 0 Å². The van der Waals surface area contributed by atoms with E-state index in [4.69, 9.17) is 4.74 Å². The highest BCUT2D eigenvalue weighted by Gasteiger charge is 2.22. The minimum Gasteiger partial charge on any atom is -0.377 e. The van der Waals surface area contributed by atoms with Gasteiger partial charge in [0, 0.05) is 18.1 Å². The Kier molecular flexibility index (Phi) is 3.59. The number of halogens is 1. The van der Waals surface area contributed by atoms with Gasteiger partial charge in [-0.05, 0) is 18.6 Å². The standard InChI is InChI=1S/C11H15BrN2O/c1-9-2-3-11(13-7-9)14-4-5-15-8-10(14)6-12/h2-3,7,10H,4-6,8H2,1H3. The van der Waals surface area contributed by atoms with Crippen molar-refractivity contribution >= 4 is 21.7 Å². The number of hydrogen-bond acceptors (Lipinski definition) is 3. The molecule has 1 aromatic rings. The zero-order valence-electron chi connectivity index (χ0n) is 8.82. The lowest BCUT2D eigenvalue weighted by molar-refractivity contribution is 0.1000. The molecule has 2 rings (SSSR count). The molecular weight excluding hydrogens is 256 g/mol. The van der Waals surface area contributed by atoms with Crippen LogP contribution in [0.15, 0.2) is 18.3 Å². The molecule has 0 spiro atoms. The van der Waals surface area contributed by atoms with E-state index in [2.05, 4.69) is 44.9 Å². The first-order valence-electron chi connectivity index (χ1n) is 5.14. The molecule has 1 fully saturated rings. The Morgan fingerprint density at radius 1 is 1.60 bits per heavy atom. The topological polar surface area (TPSA) is 25.4 Å². The average molecular weight is 271 g/mol. The van der Waals surface area contributed by atoms with Crippen molar-refractivity contribution in [2.45, 2.75) is 13.0 Å². The zero-order chi connectivity index (χ0) is 10.7. The Labute approximate surface area is 98.6 Å². The summed E-state index contributed by atoms with van der Waals surface area (Å²) in [6, 6.07) is 4.58. The van der Waals surface area contributed by atoms with Gasteiger partial charge in [0.2, 0.25) is 0 Å². The van der Waals surface area contributed by atoms with Crippen LogP contribution in [-0.2, 0) is 4.74 Å². The van der Waals surface area contributed by atoms with E-state index in [1.54, 1.807) is 0 Å². The molecule has 0 aliphatic carbocycles. The molecule has 3 nitrogen and oxygen atoms in total. The number of hydrogen-bond donors (Lipinski definition) is 0. The molecular formula is C11H15BrN2O. The highest BCUT2D eigenvalue weighted by Crippen LogP contribution is 2.18. The number of pyridine rings is 1. The molecule has 1 aliphatic heterocycles. The number of alkyl halides is 1. The number of rotatable bonds is 2. The van der Waals surface area contributed by atoms with Crippen molar-refractivity contribution in [3.63, 3.8) is 0 Å². The van der Waals surface area contributed by atoms with Gasteiger partial charge < -0.3 is 9.64 Å². The fourth-order valence-electron chi connectivity index (χ4n) is 1.71. The molecule has 4 heteroatoms. The maximum absolute atomic E-state index is 5.45. The number of aryl methyl sites for hydroxylation is 1. The fraction of sp³-hybridized carbons (Fsp3) is 0.545. The van der Waals surface area contributed by atoms with Gasteiger partial charge in [-0.15, -0.1) is 0 Å². The number of aromatic nitrogens is 1. The minimum atomic E-state index is 0.397. The van der Waals surface area contributed by atoms with Gasteiger partial charge in [-0.3, -0.25) is 0 Å². The van der Waals surface area contributed by atoms with Crippen LogP contribution in [0.4, 0.5) is 5.82 Å². The Hall–Kier alpha value is -0.610. The molecule has 0 saturated carbocycles. The molecule has 1 atom stereocenters. The third-order valence-electron chi connectivity index (χ3n) is 2.60. The summed E-state index contributed by atoms with van der Waals surface area (Å²) in [5.41, 5.74) is 1.20. The van der Waals surface area contributed by atoms with Crippen LogP contribution >= 0.6 is 15.9 Å². The Morgan fingerprint density at radius 3 is 3.13 bits per heavy atom. The summed E-state index contributed by atoms with van der Waals surface area (Å²) in [4.78, 5) is 6.75. The maximum Gasteiger partial charge on any atom is 0.128 e. The minimum absolute atomic E-state index is 0.397. The molecule has 0 N–H and O–H groups in total. The Morgan fingerprint density at radius 2 is 2.47 bits per heavy atom. The normalized spacial score (nSPS) is 21.7. The predicted molar refractivity (Wildman–Crippen MR) is 64.7 cm³/mol. The van der Waals surface area contributed by atoms with Gasteiger partial charge >= 0.3 is 0 Å². The molecule has 0 bridgehead atoms. The number of nitrogens with zero attached hydrogens (tertiary/aromatic N) is 2. The smallest absolute Gasteiger partial charge is 0.128 e. The molecule has 2 heterocycles. The van der Waals surface area contributed by atoms with E-state index < -0.39 is 0 Å². The predicted octanol–water partition coefficient (Wildman–Crippen LogP) is 1.99. The van der Waals surface area contributed by atoms with Crippen LogP contribution in [0.2, 0.25) is 0 Å². The lowest BCUT2D eigenvalue weighted by Crippen LogP contribution is -2.47. The van der Waals surface area contributed by atoms with Gasteiger partial charge in [0.05, 0.1) is 19.3 Å². The summed E-state index contributed by atoms with van der Waals surface area (Å²) in [6.45, 7) is 4.55. The third kappa shape index (κ3) is 2.49. The van der Waals surface area contributed by atoms with Crippen LogP contribution in [0.5, 0.6) is 0 Å². The van der Waals surface area contributed by atoms with Crippen LogP contribution in [0, 0.1) is 6.92 Å². The van der Waals surface area contributed by atoms with E-state index in [0.717, 1.165) is 30.9 Å². The molecule has 0 radical (unpaired) electrons. The molecule has 1 unspecified atom stereocenters. The molecule has 0 amide bonds. The van der Waals surface area contributed by atoms with Gasteiger partial charge in [-0.1, -0.05) is 22.0 Å². The van der Waals surface area contributed by atoms with E-state index in [1.165, 1.54) is 5.56 Å². The summed E-state index contributed by atoms with van der Waals surface area (Å²) in [5, 5.41) is 0.919. The zero-order valence-corrected chi connectivity index (χ0v) is 10.4. The van der Waals surface area contributed by atoms with Crippen LogP contribution < -0.4 is 4.90 Å². The van der Waals surface area contributed by atoms with E-state index in [0.29, 0.717) is 6.04 Å². The van der Waals surface area contributed by atoms with Crippen LogP contribution in [0.1, 0.15) is 5.56 Å². The molecule has 1 aliphatic rings. The van der Waals surface area contributed by atoms with Gasteiger partial charge in [0.1, 0.15) is 5.82 Å². The molecule has 15 heavy (non-hydrogen) atoms. The van der Waals surface area contributed by atoms with Crippen molar-refractivity contribution in [3.8, 4) is 0 Å². The second-order valence-electron chi connectivity index (χ2n) is 3.77. The van der Waals surface area contributed by atoms with E-state index >= 15 is 0 Å². The van der Waals surface area contributed by atoms with Crippen molar-refractivity contribution in [3.05, 3.63) is 23.9 Å². The lowest BCUT2D eigenvalue weighted by atomic mass is 10.2. The van der Waals surface area contributed by atoms with Crippen LogP contribution in [0.25, 0.3) is 0 Å². The molecule has 0 aromatic carbocycles. The number of morpholine rings is 1. The fourth-order valence-corrected chi connectivity index (χ4v) is 2.25. The van der Waals surface area contributed by atoms with E-state index in [1.807, 2.05) is 6.20 Å². The summed E-state index contributed by atoms with van der Waals surface area (Å²) < 4.78 is 5.45. The van der Waals surface area contributed by atoms with Crippen molar-refractivity contribution < 1.29 is 4.74 Å². The second-order valence-corrected chi connectivity index (χ2v) is 4.42. The van der Waals surface area contributed by atoms with E-state index in [-0.39, 0.29) is 0 Å². The SMILES string of the molecule is Cc1ccc(N2CCOCC2CBr)nc1. The highest BCUT2D eigenvalue weighted by atomic mass is 79.9. The molecule has 82 valence electrons. The molecule has 1 saturated heterocycles. The Bertz CT molecular complexity index is 315. The lowest BCUT2D eigenvalue weighted by Gasteiger charge is -2.35. The first-order chi connectivity index (χ1) is 7.31. The summed E-state index contributed by atoms with van der Waals surface area (Å²) in [5.74, 6) is 1.05. The van der Waals surface area contributed by atoms with Crippen molar-refractivity contribution in [1.29, 1.82) is 0 Å². The van der Waals surface area contributed by atoms with Crippen molar-refractivity contribution in [1.82, 2.24) is 4.98 Å². The van der Waals surface area contributed by atoms with Gasteiger partial charge in [-0.25, -0.2) is 4.98 Å². The van der Waals surface area contributed by atoms with Crippen molar-refractivity contribution in [2.75, 3.05) is 30.0 Å². The average Bonchev–Trinajstić information content (AvgIpc) is 2.30. The summed E-state index contributed by atoms with van der Waals surface area (Å²) in [6.07, 6.45) is 1.91. The Balaban J connectivity index is 2.16. The van der Waals surface area contributed by atoms with Gasteiger partial charge in [0.15, 0.2) is 0 Å². The van der Waals surface area contributed by atoms with Crippen LogP contribution in [-0.4, -0.2) is 36.1 Å². The second kappa shape index (κ2) is 4.94. The van der Waals surface area contributed by atoms with Gasteiger partial charge in [0.25, 0.3) is 0 Å². The van der Waals surface area contributed by atoms with E-state index in [9.17, 15) is 0 Å². The first kappa shape index (κ1) is 10.9. The van der Waals surface area contributed by atoms with Crippen LogP contribution in [0.3, 0.4) is 0 Å². The highest BCUT2D eigenvalue weighted by molar-refractivity contribution is 9.09. The largest absolute Gasteiger partial charge is 0.377 e. The quantitative estimate of drug-likeness (QED) is 0.769. The van der Waals surface area contributed by atoms with Crippen molar-refractivity contribution in [2.24, 2.45) is 0 Å². The maximum atomic E-state index is 5.45. The third-order valence-corrected chi connectivity index (χ3v) is 3.34. The first-order valence-corrected chi connectivity index (χ1v) is 6.26. The molecule has 1 aromatic heterocycles.